The van der Waals surface area contributed by atoms with Gasteiger partial charge in [-0.1, -0.05) is 68.7 Å². The first-order valence-electron chi connectivity index (χ1n) is 15.1. The van der Waals surface area contributed by atoms with Gasteiger partial charge in [-0.3, -0.25) is 9.59 Å². The summed E-state index contributed by atoms with van der Waals surface area (Å²) in [6, 6.07) is 0. The zero-order valence-corrected chi connectivity index (χ0v) is 25.9. The van der Waals surface area contributed by atoms with Gasteiger partial charge in [0.15, 0.2) is 0 Å². The number of ether oxygens (including phenoxy) is 2. The fraction of sp³-hybridized carbons (Fsp3) is 0.938. The van der Waals surface area contributed by atoms with Crippen LogP contribution in [0.2, 0.25) is 0 Å². The molecule has 0 aliphatic heterocycles. The molecule has 0 saturated heterocycles. The van der Waals surface area contributed by atoms with E-state index in [1.54, 1.807) is 0 Å². The number of hydrogen-bond acceptors (Lipinski definition) is 4. The SMILES string of the molecule is CCC(C)(C)C(=O)OC1(C(C)(C)CC)CCCCC1.CCC(C)C(=O)OC1(C(C)(C)CC)CCCC1. The lowest BCUT2D eigenvalue weighted by atomic mass is 9.65. The number of hydrogen-bond donors (Lipinski definition) is 0. The first kappa shape index (κ1) is 33.0. The lowest BCUT2D eigenvalue weighted by Crippen LogP contribution is -2.51. The average molecular weight is 509 g/mol. The molecule has 0 amide bonds. The van der Waals surface area contributed by atoms with Crippen LogP contribution in [0.15, 0.2) is 0 Å². The maximum Gasteiger partial charge on any atom is 0.312 e. The summed E-state index contributed by atoms with van der Waals surface area (Å²) in [4.78, 5) is 24.6. The molecule has 4 heteroatoms. The summed E-state index contributed by atoms with van der Waals surface area (Å²) in [7, 11) is 0. The minimum atomic E-state index is -0.367. The Morgan fingerprint density at radius 3 is 1.42 bits per heavy atom. The quantitative estimate of drug-likeness (QED) is 0.276. The minimum absolute atomic E-state index is 0.00377. The first-order chi connectivity index (χ1) is 16.6. The topological polar surface area (TPSA) is 52.6 Å². The van der Waals surface area contributed by atoms with Gasteiger partial charge in [0, 0.05) is 10.8 Å². The Labute approximate surface area is 224 Å². The molecule has 2 aliphatic rings. The molecule has 212 valence electrons. The monoisotopic (exact) mass is 508 g/mol. The Bertz CT molecular complexity index is 691. The van der Waals surface area contributed by atoms with Gasteiger partial charge in [0.2, 0.25) is 0 Å². The predicted molar refractivity (Wildman–Crippen MR) is 151 cm³/mol. The van der Waals surface area contributed by atoms with Crippen LogP contribution in [0.5, 0.6) is 0 Å². The Kier molecular flexibility index (Phi) is 12.0. The van der Waals surface area contributed by atoms with E-state index in [1.165, 1.54) is 32.1 Å². The van der Waals surface area contributed by atoms with Crippen LogP contribution in [0, 0.1) is 22.2 Å². The largest absolute Gasteiger partial charge is 0.458 e. The van der Waals surface area contributed by atoms with Crippen LogP contribution in [-0.2, 0) is 19.1 Å². The molecule has 2 fully saturated rings. The second-order valence-electron chi connectivity index (χ2n) is 13.6. The molecule has 0 spiro atoms. The molecule has 36 heavy (non-hydrogen) atoms. The zero-order valence-electron chi connectivity index (χ0n) is 25.9. The van der Waals surface area contributed by atoms with Crippen LogP contribution in [-0.4, -0.2) is 23.1 Å². The van der Waals surface area contributed by atoms with Gasteiger partial charge in [-0.2, -0.15) is 0 Å². The van der Waals surface area contributed by atoms with Crippen molar-refractivity contribution in [3.8, 4) is 0 Å². The highest BCUT2D eigenvalue weighted by molar-refractivity contribution is 5.76. The fourth-order valence-electron chi connectivity index (χ4n) is 5.47. The van der Waals surface area contributed by atoms with Crippen molar-refractivity contribution in [3.63, 3.8) is 0 Å². The third-order valence-electron chi connectivity index (χ3n) is 10.3. The molecular weight excluding hydrogens is 448 g/mol. The standard InChI is InChI=1S/C17H32O2.C15H28O2/c1-7-15(3,4)14(18)19-17(16(5,6)8-2)12-10-9-11-13-17;1-6-12(3)13(16)17-15(10-8-9-11-15)14(4,5)7-2/h7-13H2,1-6H3;12H,6-11H2,1-5H3. The molecule has 1 unspecified atom stereocenters. The van der Waals surface area contributed by atoms with E-state index in [0.29, 0.717) is 0 Å². The summed E-state index contributed by atoms with van der Waals surface area (Å²) in [5.41, 5.74) is -0.667. The van der Waals surface area contributed by atoms with Crippen LogP contribution >= 0.6 is 0 Å². The maximum atomic E-state index is 12.5. The number of rotatable bonds is 10. The minimum Gasteiger partial charge on any atom is -0.458 e. The average Bonchev–Trinajstić information content (AvgIpc) is 3.34. The van der Waals surface area contributed by atoms with Crippen molar-refractivity contribution in [3.05, 3.63) is 0 Å². The van der Waals surface area contributed by atoms with Crippen molar-refractivity contribution in [1.82, 2.24) is 0 Å². The second-order valence-corrected chi connectivity index (χ2v) is 13.6. The van der Waals surface area contributed by atoms with Gasteiger partial charge in [-0.25, -0.2) is 0 Å². The van der Waals surface area contributed by atoms with Crippen molar-refractivity contribution in [2.75, 3.05) is 0 Å². The summed E-state index contributed by atoms with van der Waals surface area (Å²) in [5.74, 6) is 0.00878. The van der Waals surface area contributed by atoms with Crippen molar-refractivity contribution in [1.29, 1.82) is 0 Å². The number of esters is 2. The van der Waals surface area contributed by atoms with Gasteiger partial charge in [0.05, 0.1) is 11.3 Å². The van der Waals surface area contributed by atoms with Crippen molar-refractivity contribution >= 4 is 11.9 Å². The molecule has 0 heterocycles. The number of carbonyl (C=O) groups is 2. The normalized spacial score (nSPS) is 20.6. The Morgan fingerprint density at radius 1 is 0.667 bits per heavy atom. The third kappa shape index (κ3) is 7.50. The molecule has 0 bridgehead atoms. The molecule has 0 N–H and O–H groups in total. The van der Waals surface area contributed by atoms with E-state index in [4.69, 9.17) is 9.47 Å². The lowest BCUT2D eigenvalue weighted by Gasteiger charge is -2.49. The summed E-state index contributed by atoms with van der Waals surface area (Å²) >= 11 is 0. The first-order valence-corrected chi connectivity index (χ1v) is 15.1. The molecule has 0 radical (unpaired) electrons. The van der Waals surface area contributed by atoms with E-state index < -0.39 is 0 Å². The van der Waals surface area contributed by atoms with Gasteiger partial charge >= 0.3 is 11.9 Å². The summed E-state index contributed by atoms with van der Waals surface area (Å²) in [5, 5.41) is 0. The van der Waals surface area contributed by atoms with Crippen LogP contribution in [0.25, 0.3) is 0 Å². The molecule has 1 atom stereocenters. The smallest absolute Gasteiger partial charge is 0.312 e. The molecule has 2 saturated carbocycles. The highest BCUT2D eigenvalue weighted by Gasteiger charge is 2.50. The molecule has 2 rings (SSSR count). The summed E-state index contributed by atoms with van der Waals surface area (Å²) in [6.07, 6.45) is 13.9. The van der Waals surface area contributed by atoms with E-state index in [-0.39, 0.29) is 45.3 Å². The van der Waals surface area contributed by atoms with Gasteiger partial charge < -0.3 is 9.47 Å². The molecule has 0 aromatic rings. The van der Waals surface area contributed by atoms with Crippen LogP contribution in [0.3, 0.4) is 0 Å². The van der Waals surface area contributed by atoms with Crippen LogP contribution < -0.4 is 0 Å². The van der Waals surface area contributed by atoms with Crippen molar-refractivity contribution in [2.24, 2.45) is 22.2 Å². The van der Waals surface area contributed by atoms with E-state index in [0.717, 1.165) is 51.4 Å². The summed E-state index contributed by atoms with van der Waals surface area (Å²) in [6.45, 7) is 23.4. The van der Waals surface area contributed by atoms with E-state index in [2.05, 4.69) is 48.5 Å². The molecular formula is C32H60O4. The van der Waals surface area contributed by atoms with E-state index in [9.17, 15) is 9.59 Å². The van der Waals surface area contributed by atoms with Crippen LogP contribution in [0.1, 0.15) is 160 Å². The van der Waals surface area contributed by atoms with Gasteiger partial charge in [-0.15, -0.1) is 0 Å². The highest BCUT2D eigenvalue weighted by atomic mass is 16.6. The zero-order chi connectivity index (χ0) is 27.8. The Morgan fingerprint density at radius 2 is 1.06 bits per heavy atom. The van der Waals surface area contributed by atoms with E-state index >= 15 is 0 Å². The second kappa shape index (κ2) is 13.1. The summed E-state index contributed by atoms with van der Waals surface area (Å²) < 4.78 is 12.1. The Balaban J connectivity index is 0.000000362. The lowest BCUT2D eigenvalue weighted by molar-refractivity contribution is -0.192. The third-order valence-corrected chi connectivity index (χ3v) is 10.3. The Hall–Kier alpha value is -1.06. The molecule has 4 nitrogen and oxygen atoms in total. The van der Waals surface area contributed by atoms with Crippen molar-refractivity contribution in [2.45, 2.75) is 171 Å². The predicted octanol–water partition coefficient (Wildman–Crippen LogP) is 9.43. The molecule has 0 aromatic heterocycles. The van der Waals surface area contributed by atoms with Crippen molar-refractivity contribution < 1.29 is 19.1 Å². The highest BCUT2D eigenvalue weighted by Crippen LogP contribution is 2.49. The molecule has 2 aliphatic carbocycles. The van der Waals surface area contributed by atoms with Crippen LogP contribution in [0.4, 0.5) is 0 Å². The van der Waals surface area contributed by atoms with E-state index in [1.807, 2.05) is 27.7 Å². The fourth-order valence-corrected chi connectivity index (χ4v) is 5.47. The molecule has 0 aromatic carbocycles. The van der Waals surface area contributed by atoms with Gasteiger partial charge in [0.25, 0.3) is 0 Å². The van der Waals surface area contributed by atoms with Gasteiger partial charge in [-0.05, 0) is 90.9 Å². The van der Waals surface area contributed by atoms with Gasteiger partial charge in [0.1, 0.15) is 11.2 Å². The maximum absolute atomic E-state index is 12.5. The number of carbonyl (C=O) groups excluding carboxylic acids is 2.